The van der Waals surface area contributed by atoms with E-state index in [4.69, 9.17) is 4.74 Å². The van der Waals surface area contributed by atoms with Crippen LogP contribution < -0.4 is 10.4 Å². The molecular weight excluding hydrogens is 294 g/mol. The normalized spacial score (nSPS) is 38.3. The summed E-state index contributed by atoms with van der Waals surface area (Å²) in [5.41, 5.74) is 0. The van der Waals surface area contributed by atoms with E-state index < -0.39 is 27.6 Å². The zero-order valence-electron chi connectivity index (χ0n) is 12.6. The maximum Gasteiger partial charge on any atom is 0.100 e. The fourth-order valence-electron chi connectivity index (χ4n) is 3.77. The lowest BCUT2D eigenvalue weighted by molar-refractivity contribution is -0.728. The Morgan fingerprint density at radius 1 is 1.24 bits per heavy atom. The van der Waals surface area contributed by atoms with Crippen molar-refractivity contribution in [2.45, 2.75) is 68.4 Å². The third-order valence-corrected chi connectivity index (χ3v) is 6.30. The van der Waals surface area contributed by atoms with E-state index in [1.165, 1.54) is 7.11 Å². The third-order valence-electron chi connectivity index (χ3n) is 5.06. The van der Waals surface area contributed by atoms with Gasteiger partial charge in [-0.3, -0.25) is 0 Å². The Bertz CT molecular complexity index is 427. The van der Waals surface area contributed by atoms with Crippen molar-refractivity contribution in [3.63, 3.8) is 0 Å². The molecule has 0 spiro atoms. The van der Waals surface area contributed by atoms with Gasteiger partial charge in [-0.15, -0.1) is 0 Å². The van der Waals surface area contributed by atoms with E-state index in [1.807, 2.05) is 0 Å². The molecule has 1 aliphatic carbocycles. The first-order valence-electron chi connectivity index (χ1n) is 7.88. The zero-order chi connectivity index (χ0) is 15.5. The van der Waals surface area contributed by atoms with E-state index in [0.29, 0.717) is 12.8 Å². The summed E-state index contributed by atoms with van der Waals surface area (Å²) < 4.78 is 39.3. The van der Waals surface area contributed by atoms with Gasteiger partial charge in [-0.2, -0.15) is 0 Å². The number of quaternary nitrogens is 1. The van der Waals surface area contributed by atoms with Gasteiger partial charge in [0.15, 0.2) is 0 Å². The van der Waals surface area contributed by atoms with E-state index in [1.54, 1.807) is 0 Å². The lowest BCUT2D eigenvalue weighted by atomic mass is 9.82. The number of hydrogen-bond acceptors (Lipinski definition) is 5. The van der Waals surface area contributed by atoms with Gasteiger partial charge < -0.3 is 19.7 Å². The summed E-state index contributed by atoms with van der Waals surface area (Å²) in [7, 11) is -2.86. The first-order chi connectivity index (χ1) is 9.91. The molecule has 2 rings (SSSR count). The zero-order valence-corrected chi connectivity index (χ0v) is 13.4. The third kappa shape index (κ3) is 4.63. The van der Waals surface area contributed by atoms with Gasteiger partial charge in [-0.05, 0) is 44.4 Å². The predicted molar refractivity (Wildman–Crippen MR) is 74.5 cm³/mol. The SMILES string of the molecule is COC1CCC(CCC2[NH2+]CCCC2[O-])CC1S(=O)(=O)[O-]. The Balaban J connectivity index is 1.87. The van der Waals surface area contributed by atoms with E-state index in [-0.39, 0.29) is 12.0 Å². The van der Waals surface area contributed by atoms with Crippen molar-refractivity contribution in [3.8, 4) is 0 Å². The van der Waals surface area contributed by atoms with Crippen LogP contribution in [-0.2, 0) is 14.9 Å². The highest BCUT2D eigenvalue weighted by molar-refractivity contribution is 7.86. The number of ether oxygens (including phenoxy) is 1. The van der Waals surface area contributed by atoms with Crippen LogP contribution in [0.2, 0.25) is 0 Å². The molecule has 5 atom stereocenters. The van der Waals surface area contributed by atoms with Gasteiger partial charge in [0.1, 0.15) is 10.1 Å². The Kier molecular flexibility index (Phi) is 6.02. The largest absolute Gasteiger partial charge is 0.848 e. The summed E-state index contributed by atoms with van der Waals surface area (Å²) in [6, 6.07) is 0.112. The Labute approximate surface area is 127 Å². The van der Waals surface area contributed by atoms with Crippen LogP contribution in [0.1, 0.15) is 44.9 Å². The molecule has 0 radical (unpaired) electrons. The van der Waals surface area contributed by atoms with Gasteiger partial charge in [0, 0.05) is 7.11 Å². The quantitative estimate of drug-likeness (QED) is 0.651. The van der Waals surface area contributed by atoms with Crippen molar-refractivity contribution in [3.05, 3.63) is 0 Å². The highest BCUT2D eigenvalue weighted by atomic mass is 32.2. The molecule has 0 aromatic carbocycles. The summed E-state index contributed by atoms with van der Waals surface area (Å²) in [6.45, 7) is 1.01. The molecule has 0 amide bonds. The molecule has 1 aliphatic heterocycles. The standard InChI is InChI=1S/C14H26NO5S/c1-20-13-7-5-10(9-14(13)21(17,18)19)4-6-11-12(16)3-2-8-15-11/h10-15H,2-9H2,1H3,(H,17,18,19)/q-1. The molecule has 2 fully saturated rings. The minimum Gasteiger partial charge on any atom is -0.848 e. The number of methoxy groups -OCH3 is 1. The Hall–Kier alpha value is -0.210. The number of rotatable bonds is 5. The van der Waals surface area contributed by atoms with Crippen LogP contribution in [0, 0.1) is 5.92 Å². The van der Waals surface area contributed by atoms with Crippen molar-refractivity contribution in [2.75, 3.05) is 13.7 Å². The second kappa shape index (κ2) is 7.37. The molecule has 0 aromatic rings. The lowest BCUT2D eigenvalue weighted by Gasteiger charge is -2.38. The smallest absolute Gasteiger partial charge is 0.100 e. The molecule has 0 aromatic heterocycles. The molecule has 1 saturated carbocycles. The van der Waals surface area contributed by atoms with Crippen LogP contribution in [0.5, 0.6) is 0 Å². The Morgan fingerprint density at radius 3 is 2.62 bits per heavy atom. The van der Waals surface area contributed by atoms with E-state index in [9.17, 15) is 18.1 Å². The molecule has 1 saturated heterocycles. The van der Waals surface area contributed by atoms with E-state index in [2.05, 4.69) is 5.32 Å². The van der Waals surface area contributed by atoms with E-state index >= 15 is 0 Å². The second-order valence-electron chi connectivity index (χ2n) is 6.43. The predicted octanol–water partition coefficient (Wildman–Crippen LogP) is -1.05. The number of nitrogens with two attached hydrogens (primary N) is 1. The van der Waals surface area contributed by atoms with Crippen molar-refractivity contribution in [1.82, 2.24) is 0 Å². The van der Waals surface area contributed by atoms with Crippen molar-refractivity contribution < 1.29 is 28.1 Å². The molecule has 1 heterocycles. The summed E-state index contributed by atoms with van der Waals surface area (Å²) in [4.78, 5) is 0. The summed E-state index contributed by atoms with van der Waals surface area (Å²) in [6.07, 6.45) is 4.27. The summed E-state index contributed by atoms with van der Waals surface area (Å²) >= 11 is 0. The first-order valence-corrected chi connectivity index (χ1v) is 9.35. The summed E-state index contributed by atoms with van der Waals surface area (Å²) in [5, 5.41) is 13.1. The van der Waals surface area contributed by atoms with Gasteiger partial charge in [0.25, 0.3) is 0 Å². The van der Waals surface area contributed by atoms with Crippen molar-refractivity contribution in [1.29, 1.82) is 0 Å². The van der Waals surface area contributed by atoms with Crippen LogP contribution in [0.25, 0.3) is 0 Å². The average Bonchev–Trinajstić information content (AvgIpc) is 2.45. The van der Waals surface area contributed by atoms with Gasteiger partial charge in [0.05, 0.1) is 23.9 Å². The molecule has 5 unspecified atom stereocenters. The van der Waals surface area contributed by atoms with E-state index in [0.717, 1.165) is 38.6 Å². The fourth-order valence-corrected chi connectivity index (χ4v) is 4.90. The maximum absolute atomic E-state index is 11.9. The van der Waals surface area contributed by atoms with Crippen LogP contribution in [0.3, 0.4) is 0 Å². The molecule has 21 heavy (non-hydrogen) atoms. The topological polar surface area (TPSA) is 106 Å². The van der Waals surface area contributed by atoms with Gasteiger partial charge >= 0.3 is 0 Å². The molecule has 7 heteroatoms. The minimum atomic E-state index is -4.32. The minimum absolute atomic E-state index is 0.112. The van der Waals surface area contributed by atoms with Crippen LogP contribution in [-0.4, -0.2) is 50.1 Å². The van der Waals surface area contributed by atoms with Gasteiger partial charge in [-0.1, -0.05) is 12.5 Å². The molecule has 0 bridgehead atoms. The van der Waals surface area contributed by atoms with Crippen molar-refractivity contribution in [2.24, 2.45) is 5.92 Å². The molecule has 124 valence electrons. The second-order valence-corrected chi connectivity index (χ2v) is 8.02. The monoisotopic (exact) mass is 320 g/mol. The molecular formula is C14H26NO5S-. The number of piperidine rings is 1. The molecule has 6 nitrogen and oxygen atoms in total. The van der Waals surface area contributed by atoms with Crippen LogP contribution >= 0.6 is 0 Å². The highest BCUT2D eigenvalue weighted by Crippen LogP contribution is 2.33. The number of hydrogen-bond donors (Lipinski definition) is 1. The lowest BCUT2D eigenvalue weighted by Crippen LogP contribution is -2.95. The summed E-state index contributed by atoms with van der Waals surface area (Å²) in [5.74, 6) is 0.215. The van der Waals surface area contributed by atoms with Crippen molar-refractivity contribution >= 4 is 10.1 Å². The average molecular weight is 320 g/mol. The fraction of sp³-hybridized carbons (Fsp3) is 1.00. The highest BCUT2D eigenvalue weighted by Gasteiger charge is 2.35. The van der Waals surface area contributed by atoms with Gasteiger partial charge in [0.2, 0.25) is 0 Å². The molecule has 2 aliphatic rings. The molecule has 2 N–H and O–H groups in total. The van der Waals surface area contributed by atoms with Crippen LogP contribution in [0.4, 0.5) is 0 Å². The first kappa shape index (κ1) is 17.1. The maximum atomic E-state index is 11.9. The van der Waals surface area contributed by atoms with Gasteiger partial charge in [-0.25, -0.2) is 8.42 Å². The van der Waals surface area contributed by atoms with Crippen LogP contribution in [0.15, 0.2) is 0 Å². The Morgan fingerprint density at radius 2 is 2.00 bits per heavy atom.